The number of Topliss-reactive ketones (excluding diaryl/α,β-unsaturated/α-hetero) is 1. The first kappa shape index (κ1) is 10.8. The number of halogens is 1. The number of rotatable bonds is 2. The molecule has 0 aliphatic carbocycles. The van der Waals surface area contributed by atoms with Crippen molar-refractivity contribution >= 4 is 21.7 Å². The average molecular weight is 270 g/mol. The molecule has 4 heteroatoms. The Morgan fingerprint density at radius 2 is 2.13 bits per heavy atom. The first-order valence-corrected chi connectivity index (χ1v) is 5.69. The van der Waals surface area contributed by atoms with Crippen LogP contribution < -0.4 is 5.32 Å². The maximum absolute atomic E-state index is 11.9. The standard InChI is InChI=1S/C11H12BrNO2/c12-9-3-1-8(2-4-9)11(14)10-7-13-5-6-15-10/h1-4,10,13H,5-7H2. The molecular formula is C11H12BrNO2. The molecule has 1 unspecified atom stereocenters. The van der Waals surface area contributed by atoms with E-state index in [2.05, 4.69) is 21.2 Å². The zero-order valence-corrected chi connectivity index (χ0v) is 9.79. The molecule has 80 valence electrons. The van der Waals surface area contributed by atoms with E-state index in [1.165, 1.54) is 0 Å². The average Bonchev–Trinajstić information content (AvgIpc) is 2.30. The van der Waals surface area contributed by atoms with Gasteiger partial charge in [0.05, 0.1) is 6.61 Å². The molecule has 1 heterocycles. The van der Waals surface area contributed by atoms with Gasteiger partial charge in [0.15, 0.2) is 5.78 Å². The van der Waals surface area contributed by atoms with Crippen molar-refractivity contribution in [3.8, 4) is 0 Å². The molecular weight excluding hydrogens is 258 g/mol. The lowest BCUT2D eigenvalue weighted by Gasteiger charge is -2.22. The van der Waals surface area contributed by atoms with E-state index in [1.54, 1.807) is 0 Å². The van der Waals surface area contributed by atoms with Crippen LogP contribution in [0.25, 0.3) is 0 Å². The molecule has 1 aromatic carbocycles. The fourth-order valence-corrected chi connectivity index (χ4v) is 1.80. The fraction of sp³-hybridized carbons (Fsp3) is 0.364. The number of ketones is 1. The molecule has 0 bridgehead atoms. The monoisotopic (exact) mass is 269 g/mol. The summed E-state index contributed by atoms with van der Waals surface area (Å²) in [4.78, 5) is 11.9. The van der Waals surface area contributed by atoms with Crippen LogP contribution in [0, 0.1) is 0 Å². The molecule has 0 saturated carbocycles. The van der Waals surface area contributed by atoms with Crippen LogP contribution in [-0.2, 0) is 4.74 Å². The van der Waals surface area contributed by atoms with Crippen LogP contribution in [0.2, 0.25) is 0 Å². The number of hydrogen-bond acceptors (Lipinski definition) is 3. The van der Waals surface area contributed by atoms with Gasteiger partial charge >= 0.3 is 0 Å². The molecule has 1 fully saturated rings. The van der Waals surface area contributed by atoms with Crippen molar-refractivity contribution in [3.63, 3.8) is 0 Å². The number of carbonyl (C=O) groups excluding carboxylic acids is 1. The summed E-state index contributed by atoms with van der Waals surface area (Å²) in [6, 6.07) is 7.35. The zero-order chi connectivity index (χ0) is 10.7. The highest BCUT2D eigenvalue weighted by Gasteiger charge is 2.22. The van der Waals surface area contributed by atoms with Gasteiger partial charge in [0.1, 0.15) is 6.10 Å². The van der Waals surface area contributed by atoms with Gasteiger partial charge in [0, 0.05) is 23.1 Å². The number of benzene rings is 1. The van der Waals surface area contributed by atoms with E-state index < -0.39 is 0 Å². The van der Waals surface area contributed by atoms with Crippen molar-refractivity contribution in [1.29, 1.82) is 0 Å². The topological polar surface area (TPSA) is 38.3 Å². The predicted molar refractivity (Wildman–Crippen MR) is 61.1 cm³/mol. The largest absolute Gasteiger partial charge is 0.367 e. The maximum atomic E-state index is 11.9. The van der Waals surface area contributed by atoms with E-state index in [9.17, 15) is 4.79 Å². The highest BCUT2D eigenvalue weighted by atomic mass is 79.9. The Kier molecular flexibility index (Phi) is 3.51. The maximum Gasteiger partial charge on any atom is 0.192 e. The quantitative estimate of drug-likeness (QED) is 0.830. The van der Waals surface area contributed by atoms with Gasteiger partial charge < -0.3 is 10.1 Å². The molecule has 0 radical (unpaired) electrons. The first-order valence-electron chi connectivity index (χ1n) is 4.89. The van der Waals surface area contributed by atoms with Crippen LogP contribution in [0.1, 0.15) is 10.4 Å². The number of nitrogens with one attached hydrogen (secondary N) is 1. The van der Waals surface area contributed by atoms with Crippen LogP contribution in [-0.4, -0.2) is 31.6 Å². The normalized spacial score (nSPS) is 21.3. The molecule has 1 aliphatic heterocycles. The van der Waals surface area contributed by atoms with Crippen molar-refractivity contribution in [2.24, 2.45) is 0 Å². The Morgan fingerprint density at radius 1 is 1.40 bits per heavy atom. The second kappa shape index (κ2) is 4.88. The molecule has 3 nitrogen and oxygen atoms in total. The summed E-state index contributed by atoms with van der Waals surface area (Å²) >= 11 is 3.34. The van der Waals surface area contributed by atoms with Gasteiger partial charge in [-0.2, -0.15) is 0 Å². The molecule has 1 aromatic rings. The zero-order valence-electron chi connectivity index (χ0n) is 8.20. The summed E-state index contributed by atoms with van der Waals surface area (Å²) in [6.07, 6.45) is -0.333. The predicted octanol–water partition coefficient (Wildman–Crippen LogP) is 1.62. The van der Waals surface area contributed by atoms with Crippen LogP contribution in [0.15, 0.2) is 28.7 Å². The van der Waals surface area contributed by atoms with Crippen molar-refractivity contribution in [3.05, 3.63) is 34.3 Å². The van der Waals surface area contributed by atoms with Crippen molar-refractivity contribution < 1.29 is 9.53 Å². The summed E-state index contributed by atoms with van der Waals surface area (Å²) in [5.41, 5.74) is 0.701. The van der Waals surface area contributed by atoms with Gasteiger partial charge in [-0.3, -0.25) is 4.79 Å². The van der Waals surface area contributed by atoms with Crippen LogP contribution in [0.4, 0.5) is 0 Å². The van der Waals surface area contributed by atoms with E-state index in [0.717, 1.165) is 11.0 Å². The van der Waals surface area contributed by atoms with Gasteiger partial charge in [-0.15, -0.1) is 0 Å². The third kappa shape index (κ3) is 2.65. The van der Waals surface area contributed by atoms with Crippen LogP contribution >= 0.6 is 15.9 Å². The Bertz CT molecular complexity index is 344. The van der Waals surface area contributed by atoms with Gasteiger partial charge in [0.2, 0.25) is 0 Å². The van der Waals surface area contributed by atoms with Gasteiger partial charge in [-0.25, -0.2) is 0 Å². The summed E-state index contributed by atoms with van der Waals surface area (Å²) in [5, 5.41) is 3.14. The second-order valence-corrected chi connectivity index (χ2v) is 4.35. The third-order valence-corrected chi connectivity index (χ3v) is 2.88. The fourth-order valence-electron chi connectivity index (χ4n) is 1.53. The first-order chi connectivity index (χ1) is 7.27. The SMILES string of the molecule is O=C(c1ccc(Br)cc1)C1CNCCO1. The molecule has 15 heavy (non-hydrogen) atoms. The van der Waals surface area contributed by atoms with Gasteiger partial charge in [-0.1, -0.05) is 28.1 Å². The minimum absolute atomic E-state index is 0.0506. The van der Waals surface area contributed by atoms with Gasteiger partial charge in [-0.05, 0) is 12.1 Å². The molecule has 0 aromatic heterocycles. The Labute approximate surface area is 96.9 Å². The lowest BCUT2D eigenvalue weighted by Crippen LogP contribution is -2.43. The molecule has 1 atom stereocenters. The number of carbonyl (C=O) groups is 1. The van der Waals surface area contributed by atoms with Crippen molar-refractivity contribution in [1.82, 2.24) is 5.32 Å². The Morgan fingerprint density at radius 3 is 2.73 bits per heavy atom. The number of ether oxygens (including phenoxy) is 1. The van der Waals surface area contributed by atoms with Gasteiger partial charge in [0.25, 0.3) is 0 Å². The summed E-state index contributed by atoms with van der Waals surface area (Å²) in [7, 11) is 0. The van der Waals surface area contributed by atoms with E-state index in [1.807, 2.05) is 24.3 Å². The van der Waals surface area contributed by atoms with Crippen LogP contribution in [0.5, 0.6) is 0 Å². The summed E-state index contributed by atoms with van der Waals surface area (Å²) < 4.78 is 6.37. The Hall–Kier alpha value is -0.710. The highest BCUT2D eigenvalue weighted by molar-refractivity contribution is 9.10. The van der Waals surface area contributed by atoms with Crippen molar-refractivity contribution in [2.75, 3.05) is 19.7 Å². The minimum atomic E-state index is -0.333. The molecule has 1 N–H and O–H groups in total. The summed E-state index contributed by atoms with van der Waals surface area (Å²) in [5.74, 6) is 0.0506. The molecule has 0 spiro atoms. The third-order valence-electron chi connectivity index (χ3n) is 2.35. The van der Waals surface area contributed by atoms with Crippen molar-refractivity contribution in [2.45, 2.75) is 6.10 Å². The molecule has 0 amide bonds. The van der Waals surface area contributed by atoms with E-state index >= 15 is 0 Å². The molecule has 1 aliphatic rings. The van der Waals surface area contributed by atoms with E-state index in [0.29, 0.717) is 18.7 Å². The second-order valence-electron chi connectivity index (χ2n) is 3.43. The van der Waals surface area contributed by atoms with Crippen LogP contribution in [0.3, 0.4) is 0 Å². The molecule has 1 saturated heterocycles. The van der Waals surface area contributed by atoms with E-state index in [4.69, 9.17) is 4.74 Å². The Balaban J connectivity index is 2.09. The van der Waals surface area contributed by atoms with E-state index in [-0.39, 0.29) is 11.9 Å². The number of hydrogen-bond donors (Lipinski definition) is 1. The minimum Gasteiger partial charge on any atom is -0.367 e. The lowest BCUT2D eigenvalue weighted by molar-refractivity contribution is 0.0269. The highest BCUT2D eigenvalue weighted by Crippen LogP contribution is 2.13. The smallest absolute Gasteiger partial charge is 0.192 e. The molecule has 2 rings (SSSR count). The lowest BCUT2D eigenvalue weighted by atomic mass is 10.1. The number of morpholine rings is 1. The summed E-state index contributed by atoms with van der Waals surface area (Å²) in [6.45, 7) is 2.03.